The van der Waals surface area contributed by atoms with E-state index in [-0.39, 0.29) is 5.91 Å². The summed E-state index contributed by atoms with van der Waals surface area (Å²) in [5, 5.41) is 16.3. The summed E-state index contributed by atoms with van der Waals surface area (Å²) < 4.78 is 1.49. The van der Waals surface area contributed by atoms with Crippen LogP contribution in [0.2, 0.25) is 0 Å². The van der Waals surface area contributed by atoms with Gasteiger partial charge in [0.25, 0.3) is 5.91 Å². The molecule has 0 atom stereocenters. The molecule has 2 aromatic heterocycles. The molecule has 1 aliphatic heterocycles. The van der Waals surface area contributed by atoms with Gasteiger partial charge in [-0.05, 0) is 13.0 Å². The zero-order valence-corrected chi connectivity index (χ0v) is 12.9. The summed E-state index contributed by atoms with van der Waals surface area (Å²) in [5.74, 6) is -1.04. The van der Waals surface area contributed by atoms with Crippen molar-refractivity contribution < 1.29 is 14.7 Å². The molecule has 22 heavy (non-hydrogen) atoms. The first-order valence-electron chi connectivity index (χ1n) is 6.98. The molecule has 0 aromatic carbocycles. The van der Waals surface area contributed by atoms with Crippen LogP contribution in [-0.2, 0) is 10.3 Å². The van der Waals surface area contributed by atoms with Gasteiger partial charge < -0.3 is 10.0 Å². The van der Waals surface area contributed by atoms with Gasteiger partial charge in [0, 0.05) is 43.7 Å². The monoisotopic (exact) mass is 320 g/mol. The van der Waals surface area contributed by atoms with E-state index in [0.717, 1.165) is 5.01 Å². The SMILES string of the molecule is Cc1nc(C(=O)N2CCC(C(=O)O)(n3cccn3)CC2)cs1. The highest BCUT2D eigenvalue weighted by Crippen LogP contribution is 2.30. The summed E-state index contributed by atoms with van der Waals surface area (Å²) in [6, 6.07) is 1.71. The number of amides is 1. The quantitative estimate of drug-likeness (QED) is 0.922. The van der Waals surface area contributed by atoms with Gasteiger partial charge in [-0.15, -0.1) is 11.3 Å². The van der Waals surface area contributed by atoms with Gasteiger partial charge in [-0.2, -0.15) is 5.10 Å². The molecule has 2 aromatic rings. The minimum absolute atomic E-state index is 0.135. The van der Waals surface area contributed by atoms with Crippen molar-refractivity contribution in [3.05, 3.63) is 34.5 Å². The zero-order chi connectivity index (χ0) is 15.7. The lowest BCUT2D eigenvalue weighted by Crippen LogP contribution is -2.52. The Kier molecular flexibility index (Phi) is 3.69. The van der Waals surface area contributed by atoms with Gasteiger partial charge in [0.2, 0.25) is 0 Å². The molecule has 8 heteroatoms. The fourth-order valence-electron chi connectivity index (χ4n) is 2.77. The van der Waals surface area contributed by atoms with E-state index in [1.807, 2.05) is 6.92 Å². The van der Waals surface area contributed by atoms with Gasteiger partial charge in [0.05, 0.1) is 5.01 Å². The van der Waals surface area contributed by atoms with Gasteiger partial charge in [-0.3, -0.25) is 9.48 Å². The second kappa shape index (κ2) is 5.53. The van der Waals surface area contributed by atoms with E-state index in [1.165, 1.54) is 16.0 Å². The van der Waals surface area contributed by atoms with Gasteiger partial charge in [0.1, 0.15) is 5.69 Å². The average molecular weight is 320 g/mol. The minimum atomic E-state index is -1.07. The normalized spacial score (nSPS) is 17.4. The maximum absolute atomic E-state index is 12.4. The summed E-state index contributed by atoms with van der Waals surface area (Å²) in [5.41, 5.74) is -0.637. The Morgan fingerprint density at radius 3 is 2.59 bits per heavy atom. The number of piperidine rings is 1. The van der Waals surface area contributed by atoms with Crippen LogP contribution in [0.3, 0.4) is 0 Å². The highest BCUT2D eigenvalue weighted by molar-refractivity contribution is 7.09. The number of carboxylic acid groups (broad SMARTS) is 1. The third kappa shape index (κ3) is 2.39. The Morgan fingerprint density at radius 1 is 1.36 bits per heavy atom. The van der Waals surface area contributed by atoms with Crippen molar-refractivity contribution in [2.24, 2.45) is 0 Å². The van der Waals surface area contributed by atoms with Gasteiger partial charge in [-0.1, -0.05) is 0 Å². The number of rotatable bonds is 3. The smallest absolute Gasteiger partial charge is 0.331 e. The number of carbonyl (C=O) groups is 2. The molecule has 0 spiro atoms. The second-order valence-corrected chi connectivity index (χ2v) is 6.39. The standard InChI is InChI=1S/C14H16N4O3S/c1-10-16-11(9-22-10)12(19)17-7-3-14(4-8-17,13(20)21)18-6-2-5-15-18/h2,5-6,9H,3-4,7-8H2,1H3,(H,20,21). The third-order valence-electron chi connectivity index (χ3n) is 4.06. The number of aliphatic carboxylic acids is 1. The Balaban J connectivity index is 1.76. The van der Waals surface area contributed by atoms with Crippen molar-refractivity contribution in [3.63, 3.8) is 0 Å². The highest BCUT2D eigenvalue weighted by Gasteiger charge is 2.44. The van der Waals surface area contributed by atoms with Crippen molar-refractivity contribution in [1.29, 1.82) is 0 Å². The van der Waals surface area contributed by atoms with E-state index in [9.17, 15) is 14.7 Å². The molecule has 0 bridgehead atoms. The lowest BCUT2D eigenvalue weighted by atomic mass is 9.87. The molecule has 1 N–H and O–H groups in total. The van der Waals surface area contributed by atoms with Gasteiger partial charge in [-0.25, -0.2) is 9.78 Å². The van der Waals surface area contributed by atoms with Crippen LogP contribution >= 0.6 is 11.3 Å². The van der Waals surface area contributed by atoms with Crippen molar-refractivity contribution in [2.75, 3.05) is 13.1 Å². The number of aromatic nitrogens is 3. The molecule has 0 unspecified atom stereocenters. The van der Waals surface area contributed by atoms with Crippen LogP contribution in [0, 0.1) is 6.92 Å². The van der Waals surface area contributed by atoms with Crippen LogP contribution in [0.15, 0.2) is 23.8 Å². The maximum Gasteiger partial charge on any atom is 0.331 e. The molecule has 0 saturated carbocycles. The molecule has 116 valence electrons. The van der Waals surface area contributed by atoms with Crippen molar-refractivity contribution in [2.45, 2.75) is 25.3 Å². The number of hydrogen-bond donors (Lipinski definition) is 1. The summed E-state index contributed by atoms with van der Waals surface area (Å²) in [6.45, 7) is 2.61. The molecular weight excluding hydrogens is 304 g/mol. The molecule has 1 aliphatic rings. The van der Waals surface area contributed by atoms with Gasteiger partial charge in [0.15, 0.2) is 5.54 Å². The van der Waals surface area contributed by atoms with E-state index in [4.69, 9.17) is 0 Å². The van der Waals surface area contributed by atoms with Crippen LogP contribution in [0.1, 0.15) is 28.3 Å². The molecule has 3 rings (SSSR count). The van der Waals surface area contributed by atoms with Crippen LogP contribution in [0.5, 0.6) is 0 Å². The first-order chi connectivity index (χ1) is 10.5. The Hall–Kier alpha value is -2.22. The number of carboxylic acids is 1. The Labute approximate surface area is 131 Å². The van der Waals surface area contributed by atoms with E-state index < -0.39 is 11.5 Å². The summed E-state index contributed by atoms with van der Waals surface area (Å²) >= 11 is 1.43. The molecule has 7 nitrogen and oxygen atoms in total. The van der Waals surface area contributed by atoms with E-state index in [1.54, 1.807) is 28.7 Å². The van der Waals surface area contributed by atoms with Crippen molar-refractivity contribution in [1.82, 2.24) is 19.7 Å². The fraction of sp³-hybridized carbons (Fsp3) is 0.429. The molecule has 3 heterocycles. The molecule has 0 aliphatic carbocycles. The zero-order valence-electron chi connectivity index (χ0n) is 12.1. The van der Waals surface area contributed by atoms with Crippen LogP contribution < -0.4 is 0 Å². The topological polar surface area (TPSA) is 88.3 Å². The number of carbonyl (C=O) groups excluding carboxylic acids is 1. The number of nitrogens with zero attached hydrogens (tertiary/aromatic N) is 4. The predicted octanol–water partition coefficient (Wildman–Crippen LogP) is 1.36. The average Bonchev–Trinajstić information content (AvgIpc) is 3.18. The molecule has 1 fully saturated rings. The lowest BCUT2D eigenvalue weighted by molar-refractivity contribution is -0.150. The summed E-state index contributed by atoms with van der Waals surface area (Å²) in [4.78, 5) is 30.0. The molecule has 1 amide bonds. The van der Waals surface area contributed by atoms with Crippen LogP contribution in [-0.4, -0.2) is 49.7 Å². The van der Waals surface area contributed by atoms with E-state index >= 15 is 0 Å². The third-order valence-corrected chi connectivity index (χ3v) is 4.83. The van der Waals surface area contributed by atoms with Crippen molar-refractivity contribution >= 4 is 23.2 Å². The van der Waals surface area contributed by atoms with Crippen molar-refractivity contribution in [3.8, 4) is 0 Å². The Bertz CT molecular complexity index is 687. The largest absolute Gasteiger partial charge is 0.479 e. The van der Waals surface area contributed by atoms with Crippen LogP contribution in [0.25, 0.3) is 0 Å². The van der Waals surface area contributed by atoms with Gasteiger partial charge >= 0.3 is 5.97 Å². The molecular formula is C14H16N4O3S. The number of aryl methyl sites for hydroxylation is 1. The number of thiazole rings is 1. The first kappa shape index (κ1) is 14.7. The van der Waals surface area contributed by atoms with Crippen LogP contribution in [0.4, 0.5) is 0 Å². The summed E-state index contributed by atoms with van der Waals surface area (Å²) in [6.07, 6.45) is 3.90. The van der Waals surface area contributed by atoms with E-state index in [2.05, 4.69) is 10.1 Å². The molecule has 1 saturated heterocycles. The number of hydrogen-bond acceptors (Lipinski definition) is 5. The highest BCUT2D eigenvalue weighted by atomic mass is 32.1. The van der Waals surface area contributed by atoms with E-state index in [0.29, 0.717) is 31.6 Å². The number of likely N-dealkylation sites (tertiary alicyclic amines) is 1. The predicted molar refractivity (Wildman–Crippen MR) is 79.8 cm³/mol. The minimum Gasteiger partial charge on any atom is -0.479 e. The maximum atomic E-state index is 12.4. The summed E-state index contributed by atoms with van der Waals surface area (Å²) in [7, 11) is 0. The first-order valence-corrected chi connectivity index (χ1v) is 7.86. The fourth-order valence-corrected chi connectivity index (χ4v) is 3.35. The lowest BCUT2D eigenvalue weighted by Gasteiger charge is -2.38. The Morgan fingerprint density at radius 2 is 2.09 bits per heavy atom. The second-order valence-electron chi connectivity index (χ2n) is 5.33. The molecule has 0 radical (unpaired) electrons.